The van der Waals surface area contributed by atoms with Gasteiger partial charge in [-0.2, -0.15) is 0 Å². The lowest BCUT2D eigenvalue weighted by Gasteiger charge is -2.14. The van der Waals surface area contributed by atoms with E-state index in [4.69, 9.17) is 5.73 Å². The first-order valence-electron chi connectivity index (χ1n) is 7.46. The van der Waals surface area contributed by atoms with Gasteiger partial charge in [-0.3, -0.25) is 4.79 Å². The average Bonchev–Trinajstić information content (AvgIpc) is 2.94. The second-order valence-electron chi connectivity index (χ2n) is 5.71. The van der Waals surface area contributed by atoms with Crippen molar-refractivity contribution in [3.05, 3.63) is 29.8 Å². The Hall–Kier alpha value is -1.55. The van der Waals surface area contributed by atoms with Crippen LogP contribution in [0, 0.1) is 5.92 Å². The Kier molecular flexibility index (Phi) is 5.41. The number of hydrogen-bond donors (Lipinski definition) is 3. The summed E-state index contributed by atoms with van der Waals surface area (Å²) >= 11 is 0. The van der Waals surface area contributed by atoms with E-state index in [1.165, 1.54) is 25.7 Å². The van der Waals surface area contributed by atoms with E-state index in [0.717, 1.165) is 24.4 Å². The average molecular weight is 276 g/mol. The molecule has 0 aromatic heterocycles. The quantitative estimate of drug-likeness (QED) is 0.743. The monoisotopic (exact) mass is 276 g/mol. The van der Waals surface area contributed by atoms with Crippen molar-refractivity contribution >= 4 is 5.91 Å². The predicted molar refractivity (Wildman–Crippen MR) is 79.4 cm³/mol. The normalized spacial score (nSPS) is 17.1. The highest BCUT2D eigenvalue weighted by molar-refractivity contribution is 5.81. The Morgan fingerprint density at radius 2 is 1.95 bits per heavy atom. The second-order valence-corrected chi connectivity index (χ2v) is 5.71. The van der Waals surface area contributed by atoms with Gasteiger partial charge in [0, 0.05) is 6.54 Å². The first kappa shape index (κ1) is 14.9. The van der Waals surface area contributed by atoms with Crippen molar-refractivity contribution in [3.8, 4) is 5.75 Å². The van der Waals surface area contributed by atoms with E-state index in [-0.39, 0.29) is 11.7 Å². The molecule has 20 heavy (non-hydrogen) atoms. The fourth-order valence-electron chi connectivity index (χ4n) is 2.81. The van der Waals surface area contributed by atoms with Crippen LogP contribution in [0.4, 0.5) is 0 Å². The molecule has 1 fully saturated rings. The van der Waals surface area contributed by atoms with E-state index in [2.05, 4.69) is 5.32 Å². The fraction of sp³-hybridized carbons (Fsp3) is 0.562. The lowest BCUT2D eigenvalue weighted by Crippen LogP contribution is -2.42. The number of benzene rings is 1. The van der Waals surface area contributed by atoms with Gasteiger partial charge in [-0.25, -0.2) is 0 Å². The van der Waals surface area contributed by atoms with Gasteiger partial charge in [0.05, 0.1) is 6.04 Å². The number of amides is 1. The minimum absolute atomic E-state index is 0.0870. The number of nitrogens with one attached hydrogen (secondary N) is 1. The molecule has 0 saturated heterocycles. The van der Waals surface area contributed by atoms with Gasteiger partial charge >= 0.3 is 0 Å². The molecule has 4 nitrogen and oxygen atoms in total. The molecule has 0 aliphatic heterocycles. The molecule has 0 bridgehead atoms. The highest BCUT2D eigenvalue weighted by atomic mass is 16.3. The number of phenolic OH excluding ortho intramolecular Hbond substituents is 1. The first-order valence-corrected chi connectivity index (χ1v) is 7.46. The Balaban J connectivity index is 1.69. The zero-order valence-corrected chi connectivity index (χ0v) is 11.8. The van der Waals surface area contributed by atoms with E-state index in [0.29, 0.717) is 6.42 Å². The molecule has 1 aromatic carbocycles. The maximum absolute atomic E-state index is 11.9. The highest BCUT2D eigenvalue weighted by Gasteiger charge is 2.17. The molecular weight excluding hydrogens is 252 g/mol. The molecule has 4 heteroatoms. The molecule has 4 N–H and O–H groups in total. The smallest absolute Gasteiger partial charge is 0.237 e. The number of carbonyl (C=O) groups excluding carboxylic acids is 1. The van der Waals surface area contributed by atoms with Crippen LogP contribution >= 0.6 is 0 Å². The third-order valence-electron chi connectivity index (χ3n) is 4.06. The van der Waals surface area contributed by atoms with Gasteiger partial charge in [-0.1, -0.05) is 37.8 Å². The van der Waals surface area contributed by atoms with Crippen LogP contribution in [-0.2, 0) is 11.2 Å². The van der Waals surface area contributed by atoms with Crippen LogP contribution in [-0.4, -0.2) is 23.6 Å². The molecule has 0 spiro atoms. The minimum atomic E-state index is -0.525. The van der Waals surface area contributed by atoms with Crippen molar-refractivity contribution in [2.24, 2.45) is 11.7 Å². The summed E-state index contributed by atoms with van der Waals surface area (Å²) in [7, 11) is 0. The largest absolute Gasteiger partial charge is 0.508 e. The zero-order chi connectivity index (χ0) is 14.4. The molecule has 1 saturated carbocycles. The first-order chi connectivity index (χ1) is 9.65. The lowest BCUT2D eigenvalue weighted by molar-refractivity contribution is -0.122. The molecule has 1 aliphatic carbocycles. The zero-order valence-electron chi connectivity index (χ0n) is 11.8. The summed E-state index contributed by atoms with van der Waals surface area (Å²) in [5.41, 5.74) is 6.87. The number of nitrogens with two attached hydrogens (primary N) is 1. The Bertz CT molecular complexity index is 425. The maximum Gasteiger partial charge on any atom is 0.237 e. The summed E-state index contributed by atoms with van der Waals surface area (Å²) in [6, 6.07) is 6.28. The van der Waals surface area contributed by atoms with Gasteiger partial charge < -0.3 is 16.2 Å². The number of carbonyl (C=O) groups is 1. The van der Waals surface area contributed by atoms with Gasteiger partial charge in [0.15, 0.2) is 0 Å². The third kappa shape index (κ3) is 4.53. The van der Waals surface area contributed by atoms with Crippen LogP contribution in [0.25, 0.3) is 0 Å². The summed E-state index contributed by atoms with van der Waals surface area (Å²) in [5.74, 6) is 0.919. The summed E-state index contributed by atoms with van der Waals surface area (Å²) < 4.78 is 0. The van der Waals surface area contributed by atoms with Crippen molar-refractivity contribution < 1.29 is 9.90 Å². The second kappa shape index (κ2) is 7.29. The van der Waals surface area contributed by atoms with Crippen LogP contribution in [0.5, 0.6) is 5.75 Å². The van der Waals surface area contributed by atoms with E-state index >= 15 is 0 Å². The van der Waals surface area contributed by atoms with Gasteiger partial charge in [0.1, 0.15) is 5.75 Å². The molecule has 0 heterocycles. The topological polar surface area (TPSA) is 75.3 Å². The molecular formula is C16H24N2O2. The molecule has 0 unspecified atom stereocenters. The molecule has 110 valence electrons. The molecule has 1 atom stereocenters. The van der Waals surface area contributed by atoms with Crippen LogP contribution in [0.3, 0.4) is 0 Å². The van der Waals surface area contributed by atoms with Crippen LogP contribution < -0.4 is 11.1 Å². The van der Waals surface area contributed by atoms with E-state index in [9.17, 15) is 9.90 Å². The molecule has 0 radical (unpaired) electrons. The SMILES string of the molecule is N[C@H](Cc1ccc(O)cc1)C(=O)NCCC1CCCC1. The van der Waals surface area contributed by atoms with Crippen molar-refractivity contribution in [2.45, 2.75) is 44.6 Å². The van der Waals surface area contributed by atoms with Crippen LogP contribution in [0.2, 0.25) is 0 Å². The summed E-state index contributed by atoms with van der Waals surface area (Å²) in [4.78, 5) is 11.9. The van der Waals surface area contributed by atoms with Crippen LogP contribution in [0.15, 0.2) is 24.3 Å². The van der Waals surface area contributed by atoms with Crippen molar-refractivity contribution in [1.82, 2.24) is 5.32 Å². The summed E-state index contributed by atoms with van der Waals surface area (Å²) in [6.45, 7) is 0.729. The van der Waals surface area contributed by atoms with Gasteiger partial charge in [0.25, 0.3) is 0 Å². The van der Waals surface area contributed by atoms with E-state index < -0.39 is 6.04 Å². The van der Waals surface area contributed by atoms with E-state index in [1.54, 1.807) is 24.3 Å². The van der Waals surface area contributed by atoms with Crippen molar-refractivity contribution in [2.75, 3.05) is 6.54 Å². The number of rotatable bonds is 6. The predicted octanol–water partition coefficient (Wildman–Crippen LogP) is 1.96. The molecule has 1 aromatic rings. The standard InChI is InChI=1S/C16H24N2O2/c17-15(11-13-5-7-14(19)8-6-13)16(20)18-10-9-12-3-1-2-4-12/h5-8,12,15,19H,1-4,9-11,17H2,(H,18,20)/t15-/m1/s1. The Morgan fingerprint density at radius 1 is 1.30 bits per heavy atom. The molecule has 1 aliphatic rings. The lowest BCUT2D eigenvalue weighted by atomic mass is 10.0. The molecule has 2 rings (SSSR count). The third-order valence-corrected chi connectivity index (χ3v) is 4.06. The Morgan fingerprint density at radius 3 is 2.60 bits per heavy atom. The van der Waals surface area contributed by atoms with Gasteiger partial charge in [-0.05, 0) is 36.5 Å². The van der Waals surface area contributed by atoms with E-state index in [1.807, 2.05) is 0 Å². The number of hydrogen-bond acceptors (Lipinski definition) is 3. The van der Waals surface area contributed by atoms with Crippen molar-refractivity contribution in [3.63, 3.8) is 0 Å². The maximum atomic E-state index is 11.9. The summed E-state index contributed by atoms with van der Waals surface area (Å²) in [6.07, 6.45) is 6.83. The molecule has 1 amide bonds. The van der Waals surface area contributed by atoms with Crippen molar-refractivity contribution in [1.29, 1.82) is 0 Å². The van der Waals surface area contributed by atoms with Gasteiger partial charge in [-0.15, -0.1) is 0 Å². The van der Waals surface area contributed by atoms with Crippen LogP contribution in [0.1, 0.15) is 37.7 Å². The Labute approximate surface area is 120 Å². The number of phenols is 1. The minimum Gasteiger partial charge on any atom is -0.508 e. The number of aromatic hydroxyl groups is 1. The fourth-order valence-corrected chi connectivity index (χ4v) is 2.81. The van der Waals surface area contributed by atoms with Gasteiger partial charge in [0.2, 0.25) is 5.91 Å². The highest BCUT2D eigenvalue weighted by Crippen LogP contribution is 2.26. The summed E-state index contributed by atoms with van der Waals surface area (Å²) in [5, 5.41) is 12.1.